The quantitative estimate of drug-likeness (QED) is 0.639. The highest BCUT2D eigenvalue weighted by atomic mass is 16.5. The lowest BCUT2D eigenvalue weighted by Gasteiger charge is -2.20. The smallest absolute Gasteiger partial charge is 0.311 e. The van der Waals surface area contributed by atoms with Crippen LogP contribution in [0.1, 0.15) is 41.0 Å². The molecule has 0 N–H and O–H groups in total. The molecule has 0 radical (unpaired) electrons. The maximum absolute atomic E-state index is 11.4. The number of carbonyl (C=O) groups excluding carboxylic acids is 2. The highest BCUT2D eigenvalue weighted by Gasteiger charge is 2.27. The van der Waals surface area contributed by atoms with E-state index in [1.54, 1.807) is 13.8 Å². The van der Waals surface area contributed by atoms with Crippen LogP contribution in [-0.2, 0) is 14.3 Å². The molecule has 0 aliphatic heterocycles. The van der Waals surface area contributed by atoms with E-state index < -0.39 is 5.41 Å². The second kappa shape index (κ2) is 5.13. The fraction of sp³-hybridized carbons (Fsp3) is 0.818. The van der Waals surface area contributed by atoms with Gasteiger partial charge in [0.25, 0.3) is 0 Å². The van der Waals surface area contributed by atoms with E-state index in [9.17, 15) is 9.59 Å². The van der Waals surface area contributed by atoms with E-state index in [1.807, 2.05) is 20.8 Å². The van der Waals surface area contributed by atoms with Gasteiger partial charge in [-0.1, -0.05) is 20.8 Å². The molecular weight excluding hydrogens is 180 g/mol. The molecule has 0 heterocycles. The lowest BCUT2D eigenvalue weighted by Crippen LogP contribution is -2.28. The molecule has 0 fully saturated rings. The topological polar surface area (TPSA) is 43.4 Å². The van der Waals surface area contributed by atoms with Crippen LogP contribution in [0.2, 0.25) is 0 Å². The van der Waals surface area contributed by atoms with Gasteiger partial charge in [-0.3, -0.25) is 9.59 Å². The number of Topliss-reactive ketones (excluding diaryl/α,β-unsaturated/α-hetero) is 1. The molecule has 0 amide bonds. The lowest BCUT2D eigenvalue weighted by molar-refractivity contribution is -0.157. The molecule has 0 atom stereocenters. The Kier molecular flexibility index (Phi) is 4.81. The third kappa shape index (κ3) is 3.90. The molecule has 0 aliphatic carbocycles. The minimum atomic E-state index is -0.489. The van der Waals surface area contributed by atoms with Crippen molar-refractivity contribution >= 4 is 11.8 Å². The van der Waals surface area contributed by atoms with Crippen molar-refractivity contribution in [3.05, 3.63) is 0 Å². The molecule has 0 spiro atoms. The van der Waals surface area contributed by atoms with Crippen molar-refractivity contribution in [1.82, 2.24) is 0 Å². The predicted molar refractivity (Wildman–Crippen MR) is 54.9 cm³/mol. The molecule has 0 saturated carbocycles. The Morgan fingerprint density at radius 2 is 1.79 bits per heavy atom. The number of hydrogen-bond donors (Lipinski definition) is 0. The molecule has 0 rings (SSSR count). The molecule has 0 aromatic carbocycles. The summed E-state index contributed by atoms with van der Waals surface area (Å²) >= 11 is 0. The minimum absolute atomic E-state index is 0.0368. The second-order valence-electron chi connectivity index (χ2n) is 4.43. The van der Waals surface area contributed by atoms with E-state index >= 15 is 0 Å². The molecule has 0 unspecified atom stereocenters. The van der Waals surface area contributed by atoms with Gasteiger partial charge < -0.3 is 4.74 Å². The van der Waals surface area contributed by atoms with Gasteiger partial charge in [-0.05, 0) is 20.3 Å². The van der Waals surface area contributed by atoms with Gasteiger partial charge in [0, 0.05) is 5.92 Å². The Balaban J connectivity index is 4.04. The predicted octanol–water partition coefficient (Wildman–Crippen LogP) is 2.19. The number of esters is 1. The van der Waals surface area contributed by atoms with Gasteiger partial charge in [0.1, 0.15) is 6.61 Å². The van der Waals surface area contributed by atoms with E-state index in [-0.39, 0.29) is 24.3 Å². The van der Waals surface area contributed by atoms with Gasteiger partial charge in [0.05, 0.1) is 5.41 Å². The van der Waals surface area contributed by atoms with Crippen LogP contribution < -0.4 is 0 Å². The Bertz CT molecular complexity index is 217. The monoisotopic (exact) mass is 200 g/mol. The number of hydrogen-bond acceptors (Lipinski definition) is 3. The van der Waals surface area contributed by atoms with Crippen molar-refractivity contribution in [2.45, 2.75) is 41.0 Å². The first-order valence-electron chi connectivity index (χ1n) is 5.01. The molecule has 0 saturated heterocycles. The highest BCUT2D eigenvalue weighted by molar-refractivity contribution is 5.85. The summed E-state index contributed by atoms with van der Waals surface area (Å²) in [6.45, 7) is 9.04. The van der Waals surface area contributed by atoms with Crippen LogP contribution in [-0.4, -0.2) is 18.4 Å². The summed E-state index contributed by atoms with van der Waals surface area (Å²) in [6.07, 6.45) is 0.710. The maximum atomic E-state index is 11.4. The van der Waals surface area contributed by atoms with Gasteiger partial charge in [-0.15, -0.1) is 0 Å². The van der Waals surface area contributed by atoms with Gasteiger partial charge >= 0.3 is 5.97 Å². The van der Waals surface area contributed by atoms with Gasteiger partial charge in [-0.25, -0.2) is 0 Å². The van der Waals surface area contributed by atoms with Crippen molar-refractivity contribution < 1.29 is 14.3 Å². The summed E-state index contributed by atoms with van der Waals surface area (Å²) in [6, 6.07) is 0. The summed E-state index contributed by atoms with van der Waals surface area (Å²) in [5.41, 5.74) is -0.489. The molecule has 3 heteroatoms. The zero-order valence-corrected chi connectivity index (χ0v) is 9.72. The molecule has 0 aromatic heterocycles. The minimum Gasteiger partial charge on any atom is -0.457 e. The van der Waals surface area contributed by atoms with E-state index in [0.717, 1.165) is 0 Å². The average Bonchev–Trinajstić information content (AvgIpc) is 2.13. The van der Waals surface area contributed by atoms with Gasteiger partial charge in [0.15, 0.2) is 5.78 Å². The number of rotatable bonds is 5. The first kappa shape index (κ1) is 13.1. The third-order valence-corrected chi connectivity index (χ3v) is 2.43. The van der Waals surface area contributed by atoms with E-state index in [0.29, 0.717) is 6.42 Å². The normalized spacial score (nSPS) is 11.6. The van der Waals surface area contributed by atoms with E-state index in [1.165, 1.54) is 0 Å². The average molecular weight is 200 g/mol. The summed E-state index contributed by atoms with van der Waals surface area (Å²) in [5, 5.41) is 0. The summed E-state index contributed by atoms with van der Waals surface area (Å²) in [5.74, 6) is -0.410. The van der Waals surface area contributed by atoms with Crippen molar-refractivity contribution in [3.63, 3.8) is 0 Å². The van der Waals surface area contributed by atoms with Crippen molar-refractivity contribution in [2.24, 2.45) is 11.3 Å². The fourth-order valence-corrected chi connectivity index (χ4v) is 0.643. The Labute approximate surface area is 85.8 Å². The summed E-state index contributed by atoms with van der Waals surface area (Å²) < 4.78 is 4.93. The molecule has 82 valence electrons. The first-order valence-corrected chi connectivity index (χ1v) is 5.01. The van der Waals surface area contributed by atoms with Crippen LogP contribution in [0.15, 0.2) is 0 Å². The summed E-state index contributed by atoms with van der Waals surface area (Å²) in [4.78, 5) is 22.6. The highest BCUT2D eigenvalue weighted by Crippen LogP contribution is 2.21. The molecular formula is C11H20O3. The maximum Gasteiger partial charge on any atom is 0.311 e. The molecule has 3 nitrogen and oxygen atoms in total. The van der Waals surface area contributed by atoms with Crippen LogP contribution in [0.3, 0.4) is 0 Å². The second-order valence-corrected chi connectivity index (χ2v) is 4.43. The number of ketones is 1. The molecule has 14 heavy (non-hydrogen) atoms. The van der Waals surface area contributed by atoms with Gasteiger partial charge in [0.2, 0.25) is 0 Å². The SMILES string of the molecule is CCC(C)(C)C(=O)OCC(=O)C(C)C. The summed E-state index contributed by atoms with van der Waals surface area (Å²) in [7, 11) is 0. The van der Waals surface area contributed by atoms with Crippen molar-refractivity contribution in [1.29, 1.82) is 0 Å². The standard InChI is InChI=1S/C11H20O3/c1-6-11(4,5)10(13)14-7-9(12)8(2)3/h8H,6-7H2,1-5H3. The molecule has 0 aliphatic rings. The lowest BCUT2D eigenvalue weighted by atomic mass is 9.91. The number of carbonyl (C=O) groups is 2. The van der Waals surface area contributed by atoms with Crippen LogP contribution in [0.4, 0.5) is 0 Å². The molecule has 0 bridgehead atoms. The Morgan fingerprint density at radius 1 is 1.29 bits per heavy atom. The van der Waals surface area contributed by atoms with Crippen LogP contribution in [0.25, 0.3) is 0 Å². The van der Waals surface area contributed by atoms with E-state index in [4.69, 9.17) is 4.74 Å². The largest absolute Gasteiger partial charge is 0.457 e. The van der Waals surface area contributed by atoms with Crippen LogP contribution >= 0.6 is 0 Å². The van der Waals surface area contributed by atoms with Gasteiger partial charge in [-0.2, -0.15) is 0 Å². The van der Waals surface area contributed by atoms with Crippen LogP contribution in [0, 0.1) is 11.3 Å². The first-order chi connectivity index (χ1) is 6.31. The Morgan fingerprint density at radius 3 is 2.14 bits per heavy atom. The number of ether oxygens (including phenoxy) is 1. The Hall–Kier alpha value is -0.860. The van der Waals surface area contributed by atoms with Crippen molar-refractivity contribution in [2.75, 3.05) is 6.61 Å². The third-order valence-electron chi connectivity index (χ3n) is 2.43. The van der Waals surface area contributed by atoms with Crippen molar-refractivity contribution in [3.8, 4) is 0 Å². The zero-order chi connectivity index (χ0) is 11.4. The zero-order valence-electron chi connectivity index (χ0n) is 9.72. The van der Waals surface area contributed by atoms with Crippen LogP contribution in [0.5, 0.6) is 0 Å². The van der Waals surface area contributed by atoms with E-state index in [2.05, 4.69) is 0 Å². The molecule has 0 aromatic rings. The fourth-order valence-electron chi connectivity index (χ4n) is 0.643.